The van der Waals surface area contributed by atoms with E-state index in [1.807, 2.05) is 53.4 Å². The second-order valence-electron chi connectivity index (χ2n) is 8.83. The van der Waals surface area contributed by atoms with Gasteiger partial charge in [-0.3, -0.25) is 4.90 Å². The van der Waals surface area contributed by atoms with Gasteiger partial charge in [0.15, 0.2) is 5.82 Å². The number of aromatic nitrogens is 3. The van der Waals surface area contributed by atoms with Crippen molar-refractivity contribution in [3.05, 3.63) is 54.2 Å². The number of rotatable bonds is 5. The van der Waals surface area contributed by atoms with Gasteiger partial charge in [0.25, 0.3) is 0 Å². The summed E-state index contributed by atoms with van der Waals surface area (Å²) in [6.07, 6.45) is 5.07. The monoisotopic (exact) mass is 447 g/mol. The Hall–Kier alpha value is -3.72. The van der Waals surface area contributed by atoms with Gasteiger partial charge >= 0.3 is 11.9 Å². The second kappa shape index (κ2) is 8.00. The van der Waals surface area contributed by atoms with Crippen LogP contribution in [0.3, 0.4) is 0 Å². The molecule has 2 unspecified atom stereocenters. The number of likely N-dealkylation sites (N-methyl/N-ethyl adjacent to an activating group) is 1. The van der Waals surface area contributed by atoms with Crippen LogP contribution in [0.15, 0.2) is 54.2 Å². The number of carbonyl (C=O) groups is 2. The number of carboxylic acid groups (broad SMARTS) is 2. The number of aromatic amines is 1. The number of anilines is 1. The summed E-state index contributed by atoms with van der Waals surface area (Å²) in [4.78, 5) is 30.8. The van der Waals surface area contributed by atoms with Crippen molar-refractivity contribution in [2.45, 2.75) is 30.8 Å². The fourth-order valence-corrected chi connectivity index (χ4v) is 5.35. The van der Waals surface area contributed by atoms with E-state index in [1.54, 1.807) is 0 Å². The highest BCUT2D eigenvalue weighted by Crippen LogP contribution is 2.42. The van der Waals surface area contributed by atoms with Crippen LogP contribution in [0.5, 0.6) is 0 Å². The van der Waals surface area contributed by atoms with Gasteiger partial charge in [0.1, 0.15) is 0 Å². The molecule has 0 radical (unpaired) electrons. The number of piperidine rings is 1. The minimum Gasteiger partial charge on any atom is -0.478 e. The molecule has 3 aromatic rings. The average Bonchev–Trinajstić information content (AvgIpc) is 3.25. The lowest BCUT2D eigenvalue weighted by Crippen LogP contribution is -2.69. The van der Waals surface area contributed by atoms with E-state index in [0.29, 0.717) is 25.3 Å². The van der Waals surface area contributed by atoms with Crippen molar-refractivity contribution < 1.29 is 19.8 Å². The summed E-state index contributed by atoms with van der Waals surface area (Å²) in [6, 6.07) is 12.0. The maximum Gasteiger partial charge on any atom is 0.333 e. The van der Waals surface area contributed by atoms with E-state index in [-0.39, 0.29) is 11.6 Å². The molecule has 2 atom stereocenters. The third kappa shape index (κ3) is 3.64. The van der Waals surface area contributed by atoms with Gasteiger partial charge in [-0.05, 0) is 56.6 Å². The lowest BCUT2D eigenvalue weighted by atomic mass is 9.75. The van der Waals surface area contributed by atoms with Gasteiger partial charge in [0.05, 0.1) is 16.8 Å². The van der Waals surface area contributed by atoms with Crippen LogP contribution >= 0.6 is 0 Å². The molecule has 4 heterocycles. The quantitative estimate of drug-likeness (QED) is 0.510. The average molecular weight is 447 g/mol. The Labute approximate surface area is 190 Å². The largest absolute Gasteiger partial charge is 0.478 e. The maximum atomic E-state index is 12.1. The molecule has 0 amide bonds. The van der Waals surface area contributed by atoms with Crippen molar-refractivity contribution >= 4 is 28.7 Å². The number of H-pyrrole nitrogens is 1. The highest BCUT2D eigenvalue weighted by Gasteiger charge is 2.51. The zero-order valence-corrected chi connectivity index (χ0v) is 18.2. The van der Waals surface area contributed by atoms with Crippen LogP contribution < -0.4 is 4.90 Å². The number of nitrogens with one attached hydrogen (secondary N) is 1. The first kappa shape index (κ1) is 21.1. The van der Waals surface area contributed by atoms with Crippen molar-refractivity contribution in [1.82, 2.24) is 20.1 Å². The minimum absolute atomic E-state index is 0.0868. The molecule has 0 spiro atoms. The molecule has 170 valence electrons. The van der Waals surface area contributed by atoms with Gasteiger partial charge in [-0.2, -0.15) is 0 Å². The van der Waals surface area contributed by atoms with Crippen molar-refractivity contribution in [2.24, 2.45) is 0 Å². The van der Waals surface area contributed by atoms with Crippen molar-refractivity contribution in [3.8, 4) is 11.3 Å². The number of benzene rings is 1. The Morgan fingerprint density at radius 2 is 2.03 bits per heavy atom. The van der Waals surface area contributed by atoms with Crippen LogP contribution in [0.2, 0.25) is 0 Å². The van der Waals surface area contributed by atoms with Gasteiger partial charge < -0.3 is 20.1 Å². The van der Waals surface area contributed by atoms with E-state index in [1.165, 1.54) is 0 Å². The summed E-state index contributed by atoms with van der Waals surface area (Å²) in [5.41, 5.74) is 1.79. The summed E-state index contributed by atoms with van der Waals surface area (Å²) in [5.74, 6) is -1.79. The van der Waals surface area contributed by atoms with Crippen molar-refractivity contribution in [3.63, 3.8) is 0 Å². The van der Waals surface area contributed by atoms with Crippen LogP contribution in [0.1, 0.15) is 19.3 Å². The van der Waals surface area contributed by atoms with Crippen LogP contribution in [0, 0.1) is 0 Å². The Balaban J connectivity index is 1.47. The molecule has 33 heavy (non-hydrogen) atoms. The molecular formula is C24H25N5O4. The molecule has 0 saturated carbocycles. The van der Waals surface area contributed by atoms with E-state index in [2.05, 4.69) is 21.2 Å². The van der Waals surface area contributed by atoms with Gasteiger partial charge in [-0.25, -0.2) is 9.59 Å². The number of hydrogen-bond donors (Lipinski definition) is 3. The lowest BCUT2D eigenvalue weighted by molar-refractivity contribution is -0.137. The summed E-state index contributed by atoms with van der Waals surface area (Å²) < 4.78 is 0. The lowest BCUT2D eigenvalue weighted by Gasteiger charge is -2.56. The summed E-state index contributed by atoms with van der Waals surface area (Å²) in [6.45, 7) is 1.02. The molecule has 9 nitrogen and oxygen atoms in total. The fourth-order valence-electron chi connectivity index (χ4n) is 5.35. The SMILES string of the molecule is CN1C2CCCC1(/C(=C\C(=O)O)C(=O)O)CN(c1ccc(-c3ccc4[nH]ccc4c3)nn1)C2. The number of fused-ring (bicyclic) bond motifs is 3. The molecule has 2 aliphatic heterocycles. The third-order valence-electron chi connectivity index (χ3n) is 7.06. The van der Waals surface area contributed by atoms with Crippen molar-refractivity contribution in [2.75, 3.05) is 25.0 Å². The topological polar surface area (TPSA) is 123 Å². The summed E-state index contributed by atoms with van der Waals surface area (Å²) in [5, 5.41) is 29.2. The zero-order chi connectivity index (χ0) is 23.2. The number of piperazine rings is 1. The minimum atomic E-state index is -1.25. The smallest absolute Gasteiger partial charge is 0.333 e. The normalized spacial score (nSPS) is 23.6. The maximum absolute atomic E-state index is 12.1. The Morgan fingerprint density at radius 1 is 1.18 bits per heavy atom. The Bertz CT molecular complexity index is 1250. The predicted octanol–water partition coefficient (Wildman–Crippen LogP) is 2.76. The second-order valence-corrected chi connectivity index (χ2v) is 8.83. The summed E-state index contributed by atoms with van der Waals surface area (Å²) >= 11 is 0. The number of nitrogens with zero attached hydrogens (tertiary/aromatic N) is 4. The molecule has 1 aromatic carbocycles. The molecule has 2 bridgehead atoms. The van der Waals surface area contributed by atoms with E-state index < -0.39 is 17.5 Å². The summed E-state index contributed by atoms with van der Waals surface area (Å²) in [7, 11) is 1.89. The van der Waals surface area contributed by atoms with E-state index in [0.717, 1.165) is 41.1 Å². The standard InChI is InChI=1S/C24H25N5O4/c1-28-17-3-2-9-24(28,18(23(32)33)12-22(30)31)14-29(13-17)21-7-6-20(26-27-21)15-4-5-19-16(11-15)8-10-25-19/h4-8,10-12,17,25H,2-3,9,13-14H2,1H3,(H,30,31)(H,32,33)/b18-12-. The predicted molar refractivity (Wildman–Crippen MR) is 123 cm³/mol. The first-order valence-corrected chi connectivity index (χ1v) is 10.9. The molecule has 2 aromatic heterocycles. The van der Waals surface area contributed by atoms with Gasteiger partial charge in [-0.1, -0.05) is 6.07 Å². The van der Waals surface area contributed by atoms with Crippen LogP contribution in [-0.4, -0.2) is 74.0 Å². The third-order valence-corrected chi connectivity index (χ3v) is 7.06. The van der Waals surface area contributed by atoms with Crippen LogP contribution in [0.4, 0.5) is 5.82 Å². The fraction of sp³-hybridized carbons (Fsp3) is 0.333. The Kier molecular flexibility index (Phi) is 5.13. The molecule has 2 fully saturated rings. The molecule has 5 rings (SSSR count). The molecule has 2 saturated heterocycles. The number of aliphatic carboxylic acids is 2. The van der Waals surface area contributed by atoms with E-state index in [9.17, 15) is 19.8 Å². The first-order chi connectivity index (χ1) is 15.9. The van der Waals surface area contributed by atoms with E-state index >= 15 is 0 Å². The highest BCUT2D eigenvalue weighted by atomic mass is 16.4. The number of hydrogen-bond acceptors (Lipinski definition) is 6. The molecule has 9 heteroatoms. The molecular weight excluding hydrogens is 422 g/mol. The van der Waals surface area contributed by atoms with Crippen LogP contribution in [-0.2, 0) is 9.59 Å². The van der Waals surface area contributed by atoms with Gasteiger partial charge in [0.2, 0.25) is 0 Å². The van der Waals surface area contributed by atoms with Crippen molar-refractivity contribution in [1.29, 1.82) is 0 Å². The molecule has 2 aliphatic rings. The Morgan fingerprint density at radius 3 is 2.76 bits per heavy atom. The zero-order valence-electron chi connectivity index (χ0n) is 18.2. The van der Waals surface area contributed by atoms with Gasteiger partial charge in [0, 0.05) is 47.9 Å². The van der Waals surface area contributed by atoms with Crippen LogP contribution in [0.25, 0.3) is 22.2 Å². The van der Waals surface area contributed by atoms with E-state index in [4.69, 9.17) is 0 Å². The molecule has 3 N–H and O–H groups in total. The number of carboxylic acids is 2. The first-order valence-electron chi connectivity index (χ1n) is 10.9. The molecule has 0 aliphatic carbocycles. The van der Waals surface area contributed by atoms with Gasteiger partial charge in [-0.15, -0.1) is 10.2 Å². The highest BCUT2D eigenvalue weighted by molar-refractivity contribution is 5.97.